The Morgan fingerprint density at radius 1 is 0.534 bits per heavy atom. The maximum Gasteiger partial charge on any atom is 0.326 e. The molecule has 9 atom stereocenters. The summed E-state index contributed by atoms with van der Waals surface area (Å²) in [5.41, 5.74) is 22.0. The Labute approximate surface area is 421 Å². The number of unbranched alkanes of at least 4 members (excludes halogenated alkanes) is 1. The number of hydrogen-bond acceptors (Lipinski definition) is 16. The second-order valence-electron chi connectivity index (χ2n) is 18.5. The predicted molar refractivity (Wildman–Crippen MR) is 254 cm³/mol. The van der Waals surface area contributed by atoms with Crippen molar-refractivity contribution in [1.82, 2.24) is 42.1 Å². The summed E-state index contributed by atoms with van der Waals surface area (Å²) in [4.78, 5) is 169. The molecule has 0 aromatic carbocycles. The number of primary amides is 2. The van der Waals surface area contributed by atoms with Crippen LogP contribution in [0.4, 0.5) is 0 Å². The fraction of sp³-hybridized carbons (Fsp3) is 0.705. The van der Waals surface area contributed by atoms with Crippen LogP contribution in [0.3, 0.4) is 0 Å². The molecule has 0 bridgehead atoms. The number of nitrogens with one attached hydrogen (secondary N) is 7. The Morgan fingerprint density at radius 2 is 0.959 bits per heavy atom. The number of carboxylic acid groups (broad SMARTS) is 3. The Kier molecular flexibility index (Phi) is 28.2. The van der Waals surface area contributed by atoms with E-state index in [0.29, 0.717) is 6.42 Å². The minimum atomic E-state index is -1.97. The summed E-state index contributed by atoms with van der Waals surface area (Å²) in [6, 6.07) is -14.1. The molecule has 10 amide bonds. The number of carboxylic acids is 3. The standard InChI is InChI=1S/C44H74N12O17/c1-21(2)16-27(52-36(64)23(46)20-57)40(68)54-29(18-33(48)59)41(69)53-28(17-22(3)4)39(67)50-25(10-12-32(47)58)38(66)49-24(8-5-6-14-45)37(65)55-30(19-35(62)63)42(70)51-26(11-13-34(60)61)43(71)56-15-7-9-31(56)44(72)73/h21-31,57H,5-20,45-46H2,1-4H3,(H2,47,58)(H2,48,59)(H,49,66)(H,50,67)(H,51,70)(H,52,64)(H,53,69)(H,54,68)(H,55,65)(H,60,61)(H,62,63)(H,72,73)/t23-,24-,25-,26-,27-,28-,29-,30-,31-/m0/s1. The minimum absolute atomic E-state index is 0.0250. The van der Waals surface area contributed by atoms with E-state index in [1.54, 1.807) is 27.7 Å². The number of aliphatic hydroxyl groups excluding tert-OH is 1. The van der Waals surface area contributed by atoms with Gasteiger partial charge in [0.1, 0.15) is 54.4 Å². The molecule has 73 heavy (non-hydrogen) atoms. The molecule has 1 rings (SSSR count). The maximum absolute atomic E-state index is 14.1. The molecule has 0 radical (unpaired) electrons. The summed E-state index contributed by atoms with van der Waals surface area (Å²) in [5, 5.41) is 54.5. The molecule has 0 spiro atoms. The molecule has 1 aliphatic rings. The first-order valence-electron chi connectivity index (χ1n) is 23.8. The third-order valence-corrected chi connectivity index (χ3v) is 11.2. The van der Waals surface area contributed by atoms with Gasteiger partial charge >= 0.3 is 17.9 Å². The predicted octanol–water partition coefficient (Wildman–Crippen LogP) is -5.52. The van der Waals surface area contributed by atoms with Crippen molar-refractivity contribution in [2.24, 2.45) is 34.8 Å². The Morgan fingerprint density at radius 3 is 1.40 bits per heavy atom. The zero-order chi connectivity index (χ0) is 55.7. The Hall–Kier alpha value is -7.01. The van der Waals surface area contributed by atoms with Crippen LogP contribution in [0.1, 0.15) is 111 Å². The van der Waals surface area contributed by atoms with E-state index in [1.165, 1.54) is 0 Å². The van der Waals surface area contributed by atoms with Gasteiger partial charge in [-0.15, -0.1) is 0 Å². The van der Waals surface area contributed by atoms with Gasteiger partial charge < -0.3 is 85.5 Å². The van der Waals surface area contributed by atoms with Crippen LogP contribution < -0.4 is 60.2 Å². The summed E-state index contributed by atoms with van der Waals surface area (Å²) in [6.45, 7) is 6.12. The van der Waals surface area contributed by atoms with Crippen molar-refractivity contribution in [1.29, 1.82) is 0 Å². The highest BCUT2D eigenvalue weighted by Crippen LogP contribution is 2.20. The van der Waals surface area contributed by atoms with Gasteiger partial charge in [0.15, 0.2) is 0 Å². The Balaban J connectivity index is 3.53. The summed E-state index contributed by atoms with van der Waals surface area (Å²) >= 11 is 0. The van der Waals surface area contributed by atoms with Crippen LogP contribution in [-0.2, 0) is 62.3 Å². The van der Waals surface area contributed by atoms with Gasteiger partial charge in [0.05, 0.1) is 19.4 Å². The fourth-order valence-electron chi connectivity index (χ4n) is 7.53. The number of aliphatic carboxylic acids is 3. The zero-order valence-electron chi connectivity index (χ0n) is 41.5. The van der Waals surface area contributed by atoms with E-state index in [4.69, 9.17) is 22.9 Å². The number of nitrogens with zero attached hydrogens (tertiary/aromatic N) is 1. The van der Waals surface area contributed by atoms with Crippen molar-refractivity contribution in [2.75, 3.05) is 19.7 Å². The highest BCUT2D eigenvalue weighted by molar-refractivity contribution is 5.99. The van der Waals surface area contributed by atoms with Crippen LogP contribution in [0.2, 0.25) is 0 Å². The Bertz CT molecular complexity index is 1990. The second-order valence-corrected chi connectivity index (χ2v) is 18.5. The summed E-state index contributed by atoms with van der Waals surface area (Å²) < 4.78 is 0. The SMILES string of the molecule is CC(C)C[C@H](NC(=O)[C@H](CC(N)=O)NC(=O)[C@H](CC(C)C)NC(=O)[C@@H](N)CO)C(=O)N[C@@H](CCC(N)=O)C(=O)N[C@@H](CCCCN)C(=O)N[C@@H](CC(=O)O)C(=O)N[C@@H](CCC(=O)O)C(=O)N1CCC[C@H]1C(=O)O. The van der Waals surface area contributed by atoms with Gasteiger partial charge in [0, 0.05) is 19.4 Å². The second kappa shape index (κ2) is 32.1. The van der Waals surface area contributed by atoms with Crippen molar-refractivity contribution < 1.29 is 82.8 Å². The molecule has 1 heterocycles. The number of aliphatic hydroxyl groups is 1. The zero-order valence-corrected chi connectivity index (χ0v) is 41.5. The third kappa shape index (κ3) is 23.8. The minimum Gasteiger partial charge on any atom is -0.481 e. The fourth-order valence-corrected chi connectivity index (χ4v) is 7.53. The summed E-state index contributed by atoms with van der Waals surface area (Å²) in [5.74, 6) is -15.3. The van der Waals surface area contributed by atoms with Gasteiger partial charge in [-0.2, -0.15) is 0 Å². The van der Waals surface area contributed by atoms with Gasteiger partial charge in [-0.1, -0.05) is 27.7 Å². The number of nitrogens with two attached hydrogens (primary N) is 4. The third-order valence-electron chi connectivity index (χ3n) is 11.2. The smallest absolute Gasteiger partial charge is 0.326 e. The lowest BCUT2D eigenvalue weighted by atomic mass is 10.00. The quantitative estimate of drug-likeness (QED) is 0.0263. The average molecular weight is 1040 g/mol. The molecule has 0 unspecified atom stereocenters. The molecule has 0 saturated carbocycles. The highest BCUT2D eigenvalue weighted by atomic mass is 16.4. The van der Waals surface area contributed by atoms with E-state index in [2.05, 4.69) is 37.2 Å². The molecule has 0 aromatic heterocycles. The van der Waals surface area contributed by atoms with Crippen molar-refractivity contribution in [3.05, 3.63) is 0 Å². The van der Waals surface area contributed by atoms with E-state index < -0.39 is 176 Å². The van der Waals surface area contributed by atoms with Gasteiger partial charge in [0.2, 0.25) is 59.1 Å². The lowest BCUT2D eigenvalue weighted by Gasteiger charge is -2.29. The molecule has 0 aliphatic carbocycles. The molecule has 29 nitrogen and oxygen atoms in total. The van der Waals surface area contributed by atoms with Crippen molar-refractivity contribution in [2.45, 2.75) is 166 Å². The molecule has 1 saturated heterocycles. The normalized spacial score (nSPS) is 16.5. The summed E-state index contributed by atoms with van der Waals surface area (Å²) in [7, 11) is 0. The molecule has 1 fully saturated rings. The van der Waals surface area contributed by atoms with Gasteiger partial charge in [-0.05, 0) is 76.2 Å². The molecular formula is C44H74N12O17. The molecule has 1 aliphatic heterocycles. The molecule has 412 valence electrons. The van der Waals surface area contributed by atoms with Crippen molar-refractivity contribution in [3.8, 4) is 0 Å². The van der Waals surface area contributed by atoms with Crippen LogP contribution in [0.15, 0.2) is 0 Å². The van der Waals surface area contributed by atoms with E-state index >= 15 is 0 Å². The maximum atomic E-state index is 14.1. The van der Waals surface area contributed by atoms with Crippen LogP contribution in [0.5, 0.6) is 0 Å². The van der Waals surface area contributed by atoms with Gasteiger partial charge in [-0.25, -0.2) is 4.79 Å². The molecule has 0 aromatic rings. The monoisotopic (exact) mass is 1040 g/mol. The van der Waals surface area contributed by atoms with Crippen molar-refractivity contribution >= 4 is 77.0 Å². The largest absolute Gasteiger partial charge is 0.481 e. The lowest BCUT2D eigenvalue weighted by Crippen LogP contribution is -2.61. The topological polar surface area (TPSA) is 494 Å². The van der Waals surface area contributed by atoms with E-state index in [-0.39, 0.29) is 63.5 Å². The molecular weight excluding hydrogens is 969 g/mol. The number of carbonyl (C=O) groups excluding carboxylic acids is 10. The first-order valence-corrected chi connectivity index (χ1v) is 23.8. The van der Waals surface area contributed by atoms with E-state index in [1.807, 2.05) is 0 Å². The van der Waals surface area contributed by atoms with Crippen molar-refractivity contribution in [3.63, 3.8) is 0 Å². The van der Waals surface area contributed by atoms with E-state index in [0.717, 1.165) is 4.90 Å². The first-order chi connectivity index (χ1) is 34.1. The van der Waals surface area contributed by atoms with Crippen LogP contribution in [-0.4, -0.2) is 176 Å². The lowest BCUT2D eigenvalue weighted by molar-refractivity contribution is -0.150. The van der Waals surface area contributed by atoms with Gasteiger partial charge in [0.25, 0.3) is 0 Å². The molecule has 19 N–H and O–H groups in total. The van der Waals surface area contributed by atoms with Gasteiger partial charge in [-0.3, -0.25) is 57.5 Å². The first kappa shape index (κ1) is 64.0. The van der Waals surface area contributed by atoms with Crippen LogP contribution >= 0.6 is 0 Å². The number of rotatable bonds is 35. The number of likely N-dealkylation sites (tertiary alicyclic amines) is 1. The number of amides is 10. The highest BCUT2D eigenvalue weighted by Gasteiger charge is 2.40. The average Bonchev–Trinajstić information content (AvgIpc) is 3.80. The van der Waals surface area contributed by atoms with E-state index in [9.17, 15) is 82.8 Å². The number of carbonyl (C=O) groups is 13. The van der Waals surface area contributed by atoms with Crippen LogP contribution in [0.25, 0.3) is 0 Å². The number of hydrogen-bond donors (Lipinski definition) is 15. The van der Waals surface area contributed by atoms with Crippen LogP contribution in [0, 0.1) is 11.8 Å². The molecule has 29 heteroatoms. The summed E-state index contributed by atoms with van der Waals surface area (Å²) in [6.07, 6.45) is -3.58.